The van der Waals surface area contributed by atoms with E-state index in [1.807, 2.05) is 12.1 Å². The van der Waals surface area contributed by atoms with E-state index in [1.165, 1.54) is 38.0 Å². The predicted octanol–water partition coefficient (Wildman–Crippen LogP) is 10.6. The first kappa shape index (κ1) is 25.1. The van der Waals surface area contributed by atoms with Crippen LogP contribution in [0.15, 0.2) is 158 Å². The van der Waals surface area contributed by atoms with Crippen molar-refractivity contribution < 1.29 is 0 Å². The molecule has 0 N–H and O–H groups in total. The number of benzene rings is 7. The van der Waals surface area contributed by atoms with Gasteiger partial charge < -0.3 is 4.57 Å². The Morgan fingerprint density at radius 1 is 0.370 bits per heavy atom. The van der Waals surface area contributed by atoms with E-state index in [2.05, 4.69) is 155 Å². The van der Waals surface area contributed by atoms with Gasteiger partial charge in [0.1, 0.15) is 0 Å². The van der Waals surface area contributed by atoms with Crippen LogP contribution in [-0.4, -0.2) is 19.1 Å². The van der Waals surface area contributed by atoms with Crippen molar-refractivity contribution in [3.8, 4) is 22.9 Å². The molecule has 0 fully saturated rings. The molecular weight excluding hydrogens is 560 g/mol. The highest BCUT2D eigenvalue weighted by Gasteiger charge is 2.19. The van der Waals surface area contributed by atoms with Gasteiger partial charge >= 0.3 is 0 Å². The van der Waals surface area contributed by atoms with Gasteiger partial charge in [-0.3, -0.25) is 4.57 Å². The maximum atomic E-state index is 5.29. The molecule has 0 saturated heterocycles. The number of aromatic nitrogens is 4. The molecule has 3 aromatic heterocycles. The van der Waals surface area contributed by atoms with Gasteiger partial charge in [0.05, 0.1) is 33.3 Å². The average molecular weight is 587 g/mol. The molecule has 46 heavy (non-hydrogen) atoms. The van der Waals surface area contributed by atoms with Gasteiger partial charge in [0.2, 0.25) is 5.95 Å². The zero-order valence-corrected chi connectivity index (χ0v) is 24.8. The topological polar surface area (TPSA) is 35.6 Å². The number of hydrogen-bond donors (Lipinski definition) is 0. The monoisotopic (exact) mass is 586 g/mol. The largest absolute Gasteiger partial charge is 0.309 e. The van der Waals surface area contributed by atoms with Gasteiger partial charge in [-0.25, -0.2) is 9.97 Å². The summed E-state index contributed by atoms with van der Waals surface area (Å²) >= 11 is 0. The van der Waals surface area contributed by atoms with E-state index in [0.717, 1.165) is 44.3 Å². The molecule has 0 radical (unpaired) electrons. The van der Waals surface area contributed by atoms with Gasteiger partial charge in [0.25, 0.3) is 0 Å². The Bertz CT molecular complexity index is 2750. The Hall–Kier alpha value is -6.26. The molecule has 4 nitrogen and oxygen atoms in total. The van der Waals surface area contributed by atoms with Crippen LogP contribution in [0.1, 0.15) is 0 Å². The third kappa shape index (κ3) is 3.61. The van der Waals surface area contributed by atoms with Crippen molar-refractivity contribution in [2.75, 3.05) is 0 Å². The van der Waals surface area contributed by atoms with Gasteiger partial charge in [-0.15, -0.1) is 0 Å². The molecule has 10 rings (SSSR count). The Labute approximate surface area is 264 Å². The van der Waals surface area contributed by atoms with E-state index in [-0.39, 0.29) is 0 Å². The van der Waals surface area contributed by atoms with Crippen molar-refractivity contribution in [1.29, 1.82) is 0 Å². The molecule has 4 heteroatoms. The van der Waals surface area contributed by atoms with E-state index in [4.69, 9.17) is 9.97 Å². The lowest BCUT2D eigenvalue weighted by atomic mass is 10.1. The summed E-state index contributed by atoms with van der Waals surface area (Å²) in [6, 6.07) is 56.0. The summed E-state index contributed by atoms with van der Waals surface area (Å²) in [5, 5.41) is 8.28. The van der Waals surface area contributed by atoms with Crippen LogP contribution >= 0.6 is 0 Å². The van der Waals surface area contributed by atoms with E-state index >= 15 is 0 Å². The molecule has 0 spiro atoms. The summed E-state index contributed by atoms with van der Waals surface area (Å²) in [6.07, 6.45) is 0. The summed E-state index contributed by atoms with van der Waals surface area (Å²) in [5.41, 5.74) is 8.60. The second-order valence-electron chi connectivity index (χ2n) is 11.9. The Balaban J connectivity index is 1.32. The lowest BCUT2D eigenvalue weighted by Crippen LogP contribution is -2.03. The van der Waals surface area contributed by atoms with Crippen LogP contribution in [-0.2, 0) is 0 Å². The van der Waals surface area contributed by atoms with Gasteiger partial charge in [0, 0.05) is 38.2 Å². The third-order valence-electron chi connectivity index (χ3n) is 9.29. The van der Waals surface area contributed by atoms with Crippen LogP contribution in [0.25, 0.3) is 88.2 Å². The van der Waals surface area contributed by atoms with Crippen LogP contribution in [0.3, 0.4) is 0 Å². The minimum atomic E-state index is 0.664. The second-order valence-corrected chi connectivity index (χ2v) is 11.9. The maximum Gasteiger partial charge on any atom is 0.235 e. The molecule has 0 aliphatic rings. The lowest BCUT2D eigenvalue weighted by Gasteiger charge is -2.12. The molecule has 0 aliphatic carbocycles. The molecule has 0 amide bonds. The molecule has 0 bridgehead atoms. The first-order valence-corrected chi connectivity index (χ1v) is 15.6. The van der Waals surface area contributed by atoms with E-state index in [0.29, 0.717) is 5.95 Å². The molecule has 3 heterocycles. The van der Waals surface area contributed by atoms with Crippen molar-refractivity contribution in [1.82, 2.24) is 19.1 Å². The molecule has 214 valence electrons. The van der Waals surface area contributed by atoms with E-state index in [9.17, 15) is 0 Å². The van der Waals surface area contributed by atoms with Crippen LogP contribution in [0.2, 0.25) is 0 Å². The SMILES string of the molecule is c1ccc(-c2nc(-n3c4ccc(-n5c6ccccc6c6ccccc65)cc4c4cc5ccccc5cc43)nc3ccccc23)cc1. The summed E-state index contributed by atoms with van der Waals surface area (Å²) in [5.74, 6) is 0.664. The summed E-state index contributed by atoms with van der Waals surface area (Å²) < 4.78 is 4.63. The third-order valence-corrected chi connectivity index (χ3v) is 9.29. The fraction of sp³-hybridized carbons (Fsp3) is 0. The van der Waals surface area contributed by atoms with Crippen LogP contribution in [0, 0.1) is 0 Å². The first-order chi connectivity index (χ1) is 22.8. The minimum absolute atomic E-state index is 0.664. The fourth-order valence-corrected chi connectivity index (χ4v) is 7.23. The zero-order chi connectivity index (χ0) is 30.2. The lowest BCUT2D eigenvalue weighted by molar-refractivity contribution is 1.01. The van der Waals surface area contributed by atoms with Crippen molar-refractivity contribution in [2.45, 2.75) is 0 Å². The van der Waals surface area contributed by atoms with E-state index in [1.54, 1.807) is 0 Å². The van der Waals surface area contributed by atoms with Crippen molar-refractivity contribution in [2.24, 2.45) is 0 Å². The Morgan fingerprint density at radius 2 is 0.957 bits per heavy atom. The highest BCUT2D eigenvalue weighted by molar-refractivity contribution is 6.15. The summed E-state index contributed by atoms with van der Waals surface area (Å²) in [4.78, 5) is 10.5. The molecule has 0 saturated carbocycles. The van der Waals surface area contributed by atoms with Gasteiger partial charge in [-0.05, 0) is 59.3 Å². The molecule has 0 aliphatic heterocycles. The number of fused-ring (bicyclic) bond motifs is 8. The number of para-hydroxylation sites is 3. The number of hydrogen-bond acceptors (Lipinski definition) is 2. The molecular formula is C42H26N4. The van der Waals surface area contributed by atoms with Crippen LogP contribution in [0.5, 0.6) is 0 Å². The van der Waals surface area contributed by atoms with Crippen molar-refractivity contribution >= 4 is 65.3 Å². The molecule has 10 aromatic rings. The number of rotatable bonds is 3. The van der Waals surface area contributed by atoms with Gasteiger partial charge in [0.15, 0.2) is 0 Å². The minimum Gasteiger partial charge on any atom is -0.309 e. The highest BCUT2D eigenvalue weighted by Crippen LogP contribution is 2.38. The van der Waals surface area contributed by atoms with Gasteiger partial charge in [-0.2, -0.15) is 0 Å². The van der Waals surface area contributed by atoms with Crippen LogP contribution < -0.4 is 0 Å². The van der Waals surface area contributed by atoms with Crippen molar-refractivity contribution in [3.63, 3.8) is 0 Å². The Morgan fingerprint density at radius 3 is 1.72 bits per heavy atom. The number of nitrogens with zero attached hydrogens (tertiary/aromatic N) is 4. The summed E-state index contributed by atoms with van der Waals surface area (Å²) in [7, 11) is 0. The van der Waals surface area contributed by atoms with Gasteiger partial charge in [-0.1, -0.05) is 109 Å². The smallest absolute Gasteiger partial charge is 0.235 e. The maximum absolute atomic E-state index is 5.29. The highest BCUT2D eigenvalue weighted by atomic mass is 15.2. The molecule has 0 atom stereocenters. The predicted molar refractivity (Wildman–Crippen MR) is 191 cm³/mol. The van der Waals surface area contributed by atoms with E-state index < -0.39 is 0 Å². The van der Waals surface area contributed by atoms with Crippen LogP contribution in [0.4, 0.5) is 0 Å². The zero-order valence-electron chi connectivity index (χ0n) is 24.8. The normalized spacial score (nSPS) is 11.9. The second kappa shape index (κ2) is 9.62. The Kier molecular flexibility index (Phi) is 5.25. The van der Waals surface area contributed by atoms with Crippen molar-refractivity contribution in [3.05, 3.63) is 158 Å². The molecule has 0 unspecified atom stereocenters. The standard InChI is InChI=1S/C42H26N4/c1-2-12-27(13-3-1)41-33-18-6-9-19-36(33)43-42(44-41)46-39-23-22-30(26-35(39)34-24-28-14-4-5-15-29(28)25-40(34)46)45-37-20-10-7-16-31(37)32-17-8-11-21-38(32)45/h1-26H. The fourth-order valence-electron chi connectivity index (χ4n) is 7.23. The summed E-state index contributed by atoms with van der Waals surface area (Å²) in [6.45, 7) is 0. The quantitative estimate of drug-likeness (QED) is 0.206. The molecule has 7 aromatic carbocycles. The first-order valence-electron chi connectivity index (χ1n) is 15.6. The average Bonchev–Trinajstić information content (AvgIpc) is 3.62.